The van der Waals surface area contributed by atoms with E-state index < -0.39 is 0 Å². The number of hydrogen-bond acceptors (Lipinski definition) is 3. The van der Waals surface area contributed by atoms with Crippen LogP contribution in [-0.4, -0.2) is 41.2 Å². The van der Waals surface area contributed by atoms with E-state index in [9.17, 15) is 0 Å². The largest absolute Gasteiger partial charge is 0.380 e. The molecule has 0 spiro atoms. The van der Waals surface area contributed by atoms with Crippen LogP contribution in [0.5, 0.6) is 0 Å². The van der Waals surface area contributed by atoms with Crippen molar-refractivity contribution in [2.45, 2.75) is 57.4 Å². The SMILES string of the molecule is C1CCc2[nH]c(C3CCCN3CCOCC3CC3)nc2C1. The van der Waals surface area contributed by atoms with Gasteiger partial charge in [0.2, 0.25) is 0 Å². The summed E-state index contributed by atoms with van der Waals surface area (Å²) in [4.78, 5) is 11.1. The van der Waals surface area contributed by atoms with Crippen molar-refractivity contribution >= 4 is 0 Å². The Hall–Kier alpha value is -0.870. The molecule has 1 saturated heterocycles. The monoisotopic (exact) mass is 289 g/mol. The second-order valence-corrected chi connectivity index (χ2v) is 6.97. The van der Waals surface area contributed by atoms with Crippen LogP contribution in [0, 0.1) is 5.92 Å². The zero-order chi connectivity index (χ0) is 14.1. The smallest absolute Gasteiger partial charge is 0.124 e. The maximum absolute atomic E-state index is 5.81. The number of aryl methyl sites for hydroxylation is 2. The van der Waals surface area contributed by atoms with Crippen LogP contribution < -0.4 is 0 Å². The Balaban J connectivity index is 1.35. The highest BCUT2D eigenvalue weighted by Crippen LogP contribution is 2.32. The summed E-state index contributed by atoms with van der Waals surface area (Å²) in [6.07, 6.45) is 10.3. The third-order valence-corrected chi connectivity index (χ3v) is 5.23. The van der Waals surface area contributed by atoms with Gasteiger partial charge in [-0.2, -0.15) is 0 Å². The van der Waals surface area contributed by atoms with E-state index >= 15 is 0 Å². The van der Waals surface area contributed by atoms with Crippen molar-refractivity contribution in [3.63, 3.8) is 0 Å². The number of H-pyrrole nitrogens is 1. The molecule has 4 rings (SSSR count). The Labute approximate surface area is 127 Å². The Morgan fingerprint density at radius 2 is 2.05 bits per heavy atom. The minimum absolute atomic E-state index is 0.500. The third kappa shape index (κ3) is 3.16. The molecule has 0 aromatic carbocycles. The van der Waals surface area contributed by atoms with Crippen LogP contribution in [0.25, 0.3) is 0 Å². The average Bonchev–Trinajstić information content (AvgIpc) is 3.05. The topological polar surface area (TPSA) is 41.2 Å². The molecule has 4 nitrogen and oxygen atoms in total. The lowest BCUT2D eigenvalue weighted by molar-refractivity contribution is 0.0913. The molecular formula is C17H27N3O. The lowest BCUT2D eigenvalue weighted by Gasteiger charge is -2.22. The second kappa shape index (κ2) is 6.09. The summed E-state index contributed by atoms with van der Waals surface area (Å²) >= 11 is 0. The predicted molar refractivity (Wildman–Crippen MR) is 82.3 cm³/mol. The van der Waals surface area contributed by atoms with E-state index in [0.717, 1.165) is 25.7 Å². The fraction of sp³-hybridized carbons (Fsp3) is 0.824. The molecule has 1 saturated carbocycles. The number of hydrogen-bond donors (Lipinski definition) is 1. The van der Waals surface area contributed by atoms with Crippen LogP contribution >= 0.6 is 0 Å². The first-order valence-electron chi connectivity index (χ1n) is 8.79. The molecule has 1 atom stereocenters. The molecule has 3 aliphatic rings. The quantitative estimate of drug-likeness (QED) is 0.819. The molecule has 21 heavy (non-hydrogen) atoms. The number of rotatable bonds is 6. The first-order valence-corrected chi connectivity index (χ1v) is 8.79. The summed E-state index contributed by atoms with van der Waals surface area (Å²) < 4.78 is 5.81. The molecular weight excluding hydrogens is 262 g/mol. The molecule has 2 heterocycles. The summed E-state index contributed by atoms with van der Waals surface area (Å²) in [5, 5.41) is 0. The van der Waals surface area contributed by atoms with Gasteiger partial charge in [-0.1, -0.05) is 0 Å². The molecule has 1 unspecified atom stereocenters. The minimum atomic E-state index is 0.500. The highest BCUT2D eigenvalue weighted by Gasteiger charge is 2.29. The molecule has 2 fully saturated rings. The number of aromatic amines is 1. The van der Waals surface area contributed by atoms with Gasteiger partial charge in [0.05, 0.1) is 18.3 Å². The van der Waals surface area contributed by atoms with E-state index in [4.69, 9.17) is 9.72 Å². The fourth-order valence-electron chi connectivity index (χ4n) is 3.75. The Morgan fingerprint density at radius 1 is 1.14 bits per heavy atom. The maximum Gasteiger partial charge on any atom is 0.124 e. The van der Waals surface area contributed by atoms with Gasteiger partial charge >= 0.3 is 0 Å². The molecule has 1 aromatic rings. The van der Waals surface area contributed by atoms with Crippen LogP contribution in [-0.2, 0) is 17.6 Å². The number of imidazole rings is 1. The predicted octanol–water partition coefficient (Wildman–Crippen LogP) is 2.85. The van der Waals surface area contributed by atoms with Crippen molar-refractivity contribution in [1.82, 2.24) is 14.9 Å². The molecule has 1 aromatic heterocycles. The summed E-state index contributed by atoms with van der Waals surface area (Å²) in [5.41, 5.74) is 2.75. The molecule has 1 aliphatic heterocycles. The maximum atomic E-state index is 5.81. The molecule has 0 bridgehead atoms. The zero-order valence-corrected chi connectivity index (χ0v) is 12.9. The van der Waals surface area contributed by atoms with Gasteiger partial charge in [0.1, 0.15) is 5.82 Å². The highest BCUT2D eigenvalue weighted by atomic mass is 16.5. The number of aromatic nitrogens is 2. The van der Waals surface area contributed by atoms with Crippen LogP contribution in [0.4, 0.5) is 0 Å². The first kappa shape index (κ1) is 13.8. The van der Waals surface area contributed by atoms with E-state index in [0.29, 0.717) is 6.04 Å². The minimum Gasteiger partial charge on any atom is -0.380 e. The number of likely N-dealkylation sites (tertiary alicyclic amines) is 1. The summed E-state index contributed by atoms with van der Waals surface area (Å²) in [6.45, 7) is 4.12. The van der Waals surface area contributed by atoms with E-state index in [1.54, 1.807) is 0 Å². The van der Waals surface area contributed by atoms with Gasteiger partial charge in [0.25, 0.3) is 0 Å². The summed E-state index contributed by atoms with van der Waals surface area (Å²) in [6, 6.07) is 0.500. The molecule has 1 N–H and O–H groups in total. The van der Waals surface area contributed by atoms with Crippen molar-refractivity contribution in [3.05, 3.63) is 17.2 Å². The molecule has 4 heteroatoms. The van der Waals surface area contributed by atoms with Crippen molar-refractivity contribution < 1.29 is 4.74 Å². The molecule has 0 radical (unpaired) electrons. The van der Waals surface area contributed by atoms with Crippen molar-refractivity contribution in [3.8, 4) is 0 Å². The molecule has 2 aliphatic carbocycles. The zero-order valence-electron chi connectivity index (χ0n) is 12.9. The van der Waals surface area contributed by atoms with Gasteiger partial charge in [-0.3, -0.25) is 4.90 Å². The highest BCUT2D eigenvalue weighted by molar-refractivity contribution is 5.19. The number of fused-ring (bicyclic) bond motifs is 1. The first-order chi connectivity index (χ1) is 10.4. The van der Waals surface area contributed by atoms with Gasteiger partial charge < -0.3 is 9.72 Å². The van der Waals surface area contributed by atoms with Gasteiger partial charge in [0.15, 0.2) is 0 Å². The van der Waals surface area contributed by atoms with E-state index in [-0.39, 0.29) is 0 Å². The van der Waals surface area contributed by atoms with Gasteiger partial charge in [-0.05, 0) is 63.8 Å². The number of ether oxygens (including phenoxy) is 1. The average molecular weight is 289 g/mol. The normalized spacial score (nSPS) is 26.2. The Bertz CT molecular complexity index is 457. The fourth-order valence-corrected chi connectivity index (χ4v) is 3.75. The van der Waals surface area contributed by atoms with E-state index in [1.807, 2.05) is 0 Å². The van der Waals surface area contributed by atoms with Gasteiger partial charge in [-0.15, -0.1) is 0 Å². The molecule has 116 valence electrons. The van der Waals surface area contributed by atoms with Crippen molar-refractivity contribution in [2.75, 3.05) is 26.3 Å². The van der Waals surface area contributed by atoms with Crippen LogP contribution in [0.15, 0.2) is 0 Å². The number of nitrogens with zero attached hydrogens (tertiary/aromatic N) is 2. The third-order valence-electron chi connectivity index (χ3n) is 5.23. The lowest BCUT2D eigenvalue weighted by atomic mass is 10.0. The van der Waals surface area contributed by atoms with E-state index in [1.165, 1.54) is 75.1 Å². The van der Waals surface area contributed by atoms with Crippen molar-refractivity contribution in [1.29, 1.82) is 0 Å². The van der Waals surface area contributed by atoms with Crippen LogP contribution in [0.1, 0.15) is 61.8 Å². The second-order valence-electron chi connectivity index (χ2n) is 6.97. The summed E-state index contributed by atoms with van der Waals surface area (Å²) in [5.74, 6) is 2.10. The van der Waals surface area contributed by atoms with Gasteiger partial charge in [0, 0.05) is 18.8 Å². The van der Waals surface area contributed by atoms with Gasteiger partial charge in [-0.25, -0.2) is 4.98 Å². The lowest BCUT2D eigenvalue weighted by Crippen LogP contribution is -2.28. The van der Waals surface area contributed by atoms with Crippen LogP contribution in [0.3, 0.4) is 0 Å². The summed E-state index contributed by atoms with van der Waals surface area (Å²) in [7, 11) is 0. The van der Waals surface area contributed by atoms with E-state index in [2.05, 4.69) is 9.88 Å². The molecule has 0 amide bonds. The standard InChI is InChI=1S/C17H27N3O/c1-2-5-15-14(4-1)18-17(19-15)16-6-3-9-20(16)10-11-21-12-13-7-8-13/h13,16H,1-12H2,(H,18,19). The Morgan fingerprint density at radius 3 is 2.90 bits per heavy atom. The number of nitrogens with one attached hydrogen (secondary N) is 1. The Kier molecular flexibility index (Phi) is 3.99. The van der Waals surface area contributed by atoms with Crippen LogP contribution in [0.2, 0.25) is 0 Å². The van der Waals surface area contributed by atoms with Crippen molar-refractivity contribution in [2.24, 2.45) is 5.92 Å².